The van der Waals surface area contributed by atoms with Gasteiger partial charge in [-0.1, -0.05) is 32.9 Å². The molecule has 25 heavy (non-hydrogen) atoms. The molecular weight excluding hydrogens is 346 g/mol. The van der Waals surface area contributed by atoms with Crippen LogP contribution in [0.3, 0.4) is 0 Å². The fourth-order valence-electron chi connectivity index (χ4n) is 1.97. The molecule has 3 amide bonds. The van der Waals surface area contributed by atoms with Crippen molar-refractivity contribution in [2.75, 3.05) is 0 Å². The predicted octanol–water partition coefficient (Wildman–Crippen LogP) is 4.41. The molecule has 0 aliphatic heterocycles. The van der Waals surface area contributed by atoms with Crippen molar-refractivity contribution in [3.05, 3.63) is 65.2 Å². The van der Waals surface area contributed by atoms with Gasteiger partial charge in [-0.3, -0.25) is 14.8 Å². The summed E-state index contributed by atoms with van der Waals surface area (Å²) in [5, 5.41) is 2.17. The smallest absolute Gasteiger partial charge is 0.277 e. The molecule has 0 fully saturated rings. The zero-order valence-corrected chi connectivity index (χ0v) is 14.8. The Kier molecular flexibility index (Phi) is 5.79. The lowest BCUT2D eigenvalue weighted by Gasteiger charge is -2.19. The normalized spacial score (nSPS) is 11.1. The van der Waals surface area contributed by atoms with Gasteiger partial charge in [0.15, 0.2) is 11.6 Å². The van der Waals surface area contributed by atoms with Crippen LogP contribution < -0.4 is 10.0 Å². The van der Waals surface area contributed by atoms with Crippen molar-refractivity contribution < 1.29 is 18.4 Å². The van der Waals surface area contributed by atoms with Gasteiger partial charge in [0, 0.05) is 10.5 Å². The van der Waals surface area contributed by atoms with Crippen molar-refractivity contribution in [3.8, 4) is 0 Å². The van der Waals surface area contributed by atoms with Gasteiger partial charge in [0.25, 0.3) is 5.91 Å². The SMILES string of the molecule is CC(C)(C)c1ccc(C(=O)NC(=O)NSc2ccc(F)c(F)c2)cc1. The van der Waals surface area contributed by atoms with Crippen molar-refractivity contribution in [1.82, 2.24) is 10.0 Å². The van der Waals surface area contributed by atoms with Crippen LogP contribution >= 0.6 is 11.9 Å². The number of carbonyl (C=O) groups is 2. The Labute approximate surface area is 149 Å². The van der Waals surface area contributed by atoms with E-state index < -0.39 is 23.6 Å². The summed E-state index contributed by atoms with van der Waals surface area (Å²) in [6.07, 6.45) is 0. The largest absolute Gasteiger partial charge is 0.331 e. The number of hydrogen-bond donors (Lipinski definition) is 2. The summed E-state index contributed by atoms with van der Waals surface area (Å²) in [6, 6.07) is 9.44. The van der Waals surface area contributed by atoms with Crippen molar-refractivity contribution in [2.45, 2.75) is 31.1 Å². The molecule has 0 spiro atoms. The van der Waals surface area contributed by atoms with Crippen LogP contribution in [-0.4, -0.2) is 11.9 Å². The maximum Gasteiger partial charge on any atom is 0.331 e. The Morgan fingerprint density at radius 3 is 2.16 bits per heavy atom. The second-order valence-electron chi connectivity index (χ2n) is 6.39. The highest BCUT2D eigenvalue weighted by molar-refractivity contribution is 7.98. The summed E-state index contributed by atoms with van der Waals surface area (Å²) in [4.78, 5) is 24.1. The van der Waals surface area contributed by atoms with E-state index in [0.717, 1.165) is 29.6 Å². The molecule has 0 bridgehead atoms. The van der Waals surface area contributed by atoms with Gasteiger partial charge in [-0.2, -0.15) is 0 Å². The van der Waals surface area contributed by atoms with E-state index in [1.165, 1.54) is 6.07 Å². The van der Waals surface area contributed by atoms with Gasteiger partial charge in [-0.15, -0.1) is 0 Å². The third-order valence-corrected chi connectivity index (χ3v) is 4.17. The maximum atomic E-state index is 13.1. The molecule has 7 heteroatoms. The Bertz CT molecular complexity index is 787. The Balaban J connectivity index is 1.91. The fraction of sp³-hybridized carbons (Fsp3) is 0.222. The van der Waals surface area contributed by atoms with Gasteiger partial charge in [0.1, 0.15) is 0 Å². The van der Waals surface area contributed by atoms with Gasteiger partial charge >= 0.3 is 6.03 Å². The third kappa shape index (κ3) is 5.29. The number of amides is 3. The molecule has 2 aromatic carbocycles. The number of nitrogens with one attached hydrogen (secondary N) is 2. The lowest BCUT2D eigenvalue weighted by atomic mass is 9.87. The van der Waals surface area contributed by atoms with Crippen LogP contribution in [0.15, 0.2) is 47.4 Å². The standard InChI is InChI=1S/C18H18F2N2O2S/c1-18(2,3)12-6-4-11(5-7-12)16(23)21-17(24)22-25-13-8-9-14(19)15(20)10-13/h4-10H,1-3H3,(H2,21,22,23,24). The zero-order valence-electron chi connectivity index (χ0n) is 14.0. The molecule has 4 nitrogen and oxygen atoms in total. The number of halogens is 2. The molecule has 2 rings (SSSR count). The Morgan fingerprint density at radius 2 is 1.60 bits per heavy atom. The molecule has 0 aliphatic rings. The summed E-state index contributed by atoms with van der Waals surface area (Å²) in [5.41, 5.74) is 1.39. The van der Waals surface area contributed by atoms with E-state index in [-0.39, 0.29) is 5.41 Å². The predicted molar refractivity (Wildman–Crippen MR) is 93.4 cm³/mol. The summed E-state index contributed by atoms with van der Waals surface area (Å²) in [6.45, 7) is 6.18. The molecule has 0 atom stereocenters. The van der Waals surface area contributed by atoms with Crippen LogP contribution in [0.1, 0.15) is 36.7 Å². The molecule has 0 saturated carbocycles. The first-order valence-corrected chi connectivity index (χ1v) is 8.32. The molecule has 0 unspecified atom stereocenters. The van der Waals surface area contributed by atoms with E-state index in [1.54, 1.807) is 12.1 Å². The van der Waals surface area contributed by atoms with E-state index in [1.807, 2.05) is 12.1 Å². The molecule has 2 aromatic rings. The Hall–Kier alpha value is -2.41. The highest BCUT2D eigenvalue weighted by Crippen LogP contribution is 2.22. The van der Waals surface area contributed by atoms with Crippen LogP contribution in [0.2, 0.25) is 0 Å². The minimum absolute atomic E-state index is 0.0343. The highest BCUT2D eigenvalue weighted by Gasteiger charge is 2.15. The van der Waals surface area contributed by atoms with Crippen molar-refractivity contribution in [2.24, 2.45) is 0 Å². The van der Waals surface area contributed by atoms with E-state index in [4.69, 9.17) is 0 Å². The van der Waals surface area contributed by atoms with Crippen molar-refractivity contribution >= 4 is 23.9 Å². The number of imide groups is 1. The quantitative estimate of drug-likeness (QED) is 0.793. The monoisotopic (exact) mass is 364 g/mol. The molecule has 0 aromatic heterocycles. The lowest BCUT2D eigenvalue weighted by Crippen LogP contribution is -2.36. The molecule has 0 radical (unpaired) electrons. The molecule has 0 aliphatic carbocycles. The number of carbonyl (C=O) groups excluding carboxylic acids is 2. The molecular formula is C18H18F2N2O2S. The zero-order chi connectivity index (χ0) is 18.6. The fourth-order valence-corrected chi connectivity index (χ4v) is 2.53. The summed E-state index contributed by atoms with van der Waals surface area (Å²) in [7, 11) is 0. The van der Waals surface area contributed by atoms with Gasteiger partial charge in [0.05, 0.1) is 0 Å². The van der Waals surface area contributed by atoms with Crippen LogP contribution in [0.25, 0.3) is 0 Å². The Morgan fingerprint density at radius 1 is 0.960 bits per heavy atom. The number of benzene rings is 2. The topological polar surface area (TPSA) is 58.2 Å². The first-order chi connectivity index (χ1) is 11.7. The van der Waals surface area contributed by atoms with Crippen molar-refractivity contribution in [1.29, 1.82) is 0 Å². The average molecular weight is 364 g/mol. The first kappa shape index (κ1) is 18.9. The van der Waals surface area contributed by atoms with E-state index in [2.05, 4.69) is 30.8 Å². The van der Waals surface area contributed by atoms with Crippen LogP contribution in [0.5, 0.6) is 0 Å². The van der Waals surface area contributed by atoms with Gasteiger partial charge < -0.3 is 0 Å². The summed E-state index contributed by atoms with van der Waals surface area (Å²) < 4.78 is 28.3. The van der Waals surface area contributed by atoms with E-state index in [0.29, 0.717) is 10.5 Å². The third-order valence-electron chi connectivity index (χ3n) is 3.39. The minimum Gasteiger partial charge on any atom is -0.277 e. The summed E-state index contributed by atoms with van der Waals surface area (Å²) in [5.74, 6) is -2.53. The van der Waals surface area contributed by atoms with Crippen LogP contribution in [0.4, 0.5) is 13.6 Å². The minimum atomic E-state index is -1.01. The maximum absolute atomic E-state index is 13.1. The first-order valence-electron chi connectivity index (χ1n) is 7.50. The lowest BCUT2D eigenvalue weighted by molar-refractivity contribution is 0.0965. The van der Waals surface area contributed by atoms with Crippen molar-refractivity contribution in [3.63, 3.8) is 0 Å². The molecule has 0 heterocycles. The molecule has 132 valence electrons. The van der Waals surface area contributed by atoms with Gasteiger partial charge in [-0.25, -0.2) is 13.6 Å². The number of rotatable bonds is 3. The average Bonchev–Trinajstić information content (AvgIpc) is 2.55. The molecule has 2 N–H and O–H groups in total. The second-order valence-corrected chi connectivity index (χ2v) is 7.27. The molecule has 0 saturated heterocycles. The van der Waals surface area contributed by atoms with Gasteiger partial charge in [0.2, 0.25) is 0 Å². The number of hydrogen-bond acceptors (Lipinski definition) is 3. The highest BCUT2D eigenvalue weighted by atomic mass is 32.2. The van der Waals surface area contributed by atoms with Crippen LogP contribution in [-0.2, 0) is 5.41 Å². The number of urea groups is 1. The van der Waals surface area contributed by atoms with E-state index in [9.17, 15) is 18.4 Å². The van der Waals surface area contributed by atoms with Crippen LogP contribution in [0, 0.1) is 11.6 Å². The van der Waals surface area contributed by atoms with E-state index >= 15 is 0 Å². The summed E-state index contributed by atoms with van der Waals surface area (Å²) >= 11 is 0.773. The van der Waals surface area contributed by atoms with Gasteiger partial charge in [-0.05, 0) is 53.3 Å². The second kappa shape index (κ2) is 7.65.